The van der Waals surface area contributed by atoms with Gasteiger partial charge in [0.2, 0.25) is 5.91 Å². The number of amides is 1. The summed E-state index contributed by atoms with van der Waals surface area (Å²) in [6.07, 6.45) is 9.73. The molecule has 3 aliphatic heterocycles. The van der Waals surface area contributed by atoms with Gasteiger partial charge in [-0.05, 0) is 38.0 Å². The lowest BCUT2D eigenvalue weighted by molar-refractivity contribution is -0.127. The molecule has 1 saturated carbocycles. The minimum absolute atomic E-state index is 0.0407. The van der Waals surface area contributed by atoms with Crippen LogP contribution in [0.15, 0.2) is 17.4 Å². The van der Waals surface area contributed by atoms with Crippen molar-refractivity contribution >= 4 is 23.5 Å². The fourth-order valence-corrected chi connectivity index (χ4v) is 5.63. The molecule has 1 spiro atoms. The Kier molecular flexibility index (Phi) is 4.12. The molecule has 0 aromatic carbocycles. The van der Waals surface area contributed by atoms with Crippen LogP contribution in [0.1, 0.15) is 32.1 Å². The number of carbonyl (C=O) groups is 1. The van der Waals surface area contributed by atoms with E-state index in [1.807, 2.05) is 18.5 Å². The lowest BCUT2D eigenvalue weighted by Gasteiger charge is -2.30. The number of hydrogen-bond donors (Lipinski definition) is 1. The Morgan fingerprint density at radius 2 is 2.35 bits per heavy atom. The van der Waals surface area contributed by atoms with Crippen LogP contribution in [0.25, 0.3) is 0 Å². The molecule has 6 nitrogen and oxygen atoms in total. The van der Waals surface area contributed by atoms with Crippen LogP contribution in [0.3, 0.4) is 0 Å². The van der Waals surface area contributed by atoms with Crippen molar-refractivity contribution in [2.45, 2.75) is 49.0 Å². The van der Waals surface area contributed by atoms with Crippen LogP contribution in [0.2, 0.25) is 0 Å². The molecule has 140 valence electrons. The zero-order valence-electron chi connectivity index (χ0n) is 15.2. The van der Waals surface area contributed by atoms with E-state index in [2.05, 4.69) is 20.2 Å². The number of thioether (sulfide) groups is 1. The molecule has 0 radical (unpaired) electrons. The van der Waals surface area contributed by atoms with Gasteiger partial charge in [0.15, 0.2) is 5.16 Å². The molecule has 1 aromatic rings. The fourth-order valence-electron chi connectivity index (χ4n) is 5.28. The molecule has 5 rings (SSSR count). The molecule has 3 saturated heterocycles. The number of nitrogens with zero attached hydrogens (tertiary/aromatic N) is 3. The van der Waals surface area contributed by atoms with Crippen LogP contribution in [-0.2, 0) is 9.53 Å². The first-order valence-corrected chi connectivity index (χ1v) is 11.0. The van der Waals surface area contributed by atoms with Crippen molar-refractivity contribution in [3.05, 3.63) is 12.3 Å². The summed E-state index contributed by atoms with van der Waals surface area (Å²) < 4.78 is 6.50. The van der Waals surface area contributed by atoms with Crippen LogP contribution in [0.4, 0.5) is 5.82 Å². The standard InChI is InChI=1S/C19H26N4O2S/c1-26-18-20-8-6-16(22-18)23-10-14-13(9-21-17(24)12-3-2-4-12)15-5-7-19(14,11-23)25-15/h6,8,12-15H,2-5,7,9-11H2,1H3,(H,21,24)/t13-,14+,15+,19+/m0/s1. The molecule has 1 N–H and O–H groups in total. The van der Waals surface area contributed by atoms with E-state index in [1.54, 1.807) is 11.8 Å². The van der Waals surface area contributed by atoms with Crippen molar-refractivity contribution in [3.8, 4) is 0 Å². The molecule has 2 bridgehead atoms. The molecule has 1 aromatic heterocycles. The smallest absolute Gasteiger partial charge is 0.223 e. The first kappa shape index (κ1) is 16.8. The van der Waals surface area contributed by atoms with E-state index in [0.717, 1.165) is 56.3 Å². The summed E-state index contributed by atoms with van der Waals surface area (Å²) in [6, 6.07) is 2.00. The summed E-state index contributed by atoms with van der Waals surface area (Å²) in [5.41, 5.74) is -0.0407. The third-order valence-corrected chi connectivity index (χ3v) is 7.46. The van der Waals surface area contributed by atoms with Crippen LogP contribution >= 0.6 is 11.8 Å². The van der Waals surface area contributed by atoms with Crippen molar-refractivity contribution < 1.29 is 9.53 Å². The molecule has 26 heavy (non-hydrogen) atoms. The second-order valence-corrected chi connectivity index (χ2v) is 8.96. The number of nitrogens with one attached hydrogen (secondary N) is 1. The highest BCUT2D eigenvalue weighted by Crippen LogP contribution is 2.55. The maximum Gasteiger partial charge on any atom is 0.223 e. The van der Waals surface area contributed by atoms with E-state index in [1.165, 1.54) is 6.42 Å². The lowest BCUT2D eigenvalue weighted by atomic mass is 9.73. The van der Waals surface area contributed by atoms with Gasteiger partial charge in [-0.15, -0.1) is 0 Å². The number of fused-ring (bicyclic) bond motifs is 1. The van der Waals surface area contributed by atoms with Gasteiger partial charge in [-0.3, -0.25) is 4.79 Å². The zero-order valence-corrected chi connectivity index (χ0v) is 16.0. The summed E-state index contributed by atoms with van der Waals surface area (Å²) in [5, 5.41) is 4.04. The van der Waals surface area contributed by atoms with E-state index >= 15 is 0 Å². The predicted molar refractivity (Wildman–Crippen MR) is 100 cm³/mol. The molecule has 0 unspecified atom stereocenters. The van der Waals surface area contributed by atoms with Crippen molar-refractivity contribution in [2.75, 3.05) is 30.8 Å². The summed E-state index contributed by atoms with van der Waals surface area (Å²) in [7, 11) is 0. The van der Waals surface area contributed by atoms with Crippen LogP contribution in [0, 0.1) is 17.8 Å². The molecule has 1 amide bonds. The van der Waals surface area contributed by atoms with Crippen molar-refractivity contribution in [3.63, 3.8) is 0 Å². The van der Waals surface area contributed by atoms with Crippen LogP contribution < -0.4 is 10.2 Å². The molecule has 1 aliphatic carbocycles. The number of hydrogen-bond acceptors (Lipinski definition) is 6. The summed E-state index contributed by atoms with van der Waals surface area (Å²) in [4.78, 5) is 23.6. The number of carbonyl (C=O) groups excluding carboxylic acids is 1. The summed E-state index contributed by atoms with van der Waals surface area (Å²) in [5.74, 6) is 2.42. The van der Waals surface area contributed by atoms with Crippen LogP contribution in [-0.4, -0.2) is 53.5 Å². The summed E-state index contributed by atoms with van der Waals surface area (Å²) >= 11 is 1.57. The van der Waals surface area contributed by atoms with Gasteiger partial charge in [0.05, 0.1) is 11.7 Å². The topological polar surface area (TPSA) is 67.4 Å². The van der Waals surface area contributed by atoms with E-state index in [0.29, 0.717) is 17.9 Å². The largest absolute Gasteiger partial charge is 0.369 e. The van der Waals surface area contributed by atoms with E-state index in [-0.39, 0.29) is 17.4 Å². The van der Waals surface area contributed by atoms with Gasteiger partial charge in [-0.25, -0.2) is 9.97 Å². The molecule has 4 heterocycles. The van der Waals surface area contributed by atoms with Gasteiger partial charge in [0, 0.05) is 43.6 Å². The van der Waals surface area contributed by atoms with Gasteiger partial charge in [-0.2, -0.15) is 0 Å². The minimum Gasteiger partial charge on any atom is -0.369 e. The lowest BCUT2D eigenvalue weighted by Crippen LogP contribution is -2.44. The Labute approximate surface area is 158 Å². The van der Waals surface area contributed by atoms with Crippen molar-refractivity contribution in [1.82, 2.24) is 15.3 Å². The highest BCUT2D eigenvalue weighted by Gasteiger charge is 2.63. The van der Waals surface area contributed by atoms with Crippen molar-refractivity contribution in [2.24, 2.45) is 17.8 Å². The van der Waals surface area contributed by atoms with E-state index in [4.69, 9.17) is 4.74 Å². The Hall–Kier alpha value is -1.34. The Balaban J connectivity index is 1.29. The fraction of sp³-hybridized carbons (Fsp3) is 0.737. The van der Waals surface area contributed by atoms with Crippen LogP contribution in [0.5, 0.6) is 0 Å². The minimum atomic E-state index is -0.0407. The highest BCUT2D eigenvalue weighted by atomic mass is 32.2. The monoisotopic (exact) mass is 374 g/mol. The third kappa shape index (κ3) is 2.62. The number of rotatable bonds is 5. The van der Waals surface area contributed by atoms with E-state index < -0.39 is 0 Å². The van der Waals surface area contributed by atoms with E-state index in [9.17, 15) is 4.79 Å². The summed E-state index contributed by atoms with van der Waals surface area (Å²) in [6.45, 7) is 2.64. The predicted octanol–water partition coefficient (Wildman–Crippen LogP) is 2.10. The Morgan fingerprint density at radius 1 is 1.46 bits per heavy atom. The number of ether oxygens (including phenoxy) is 1. The molecule has 4 atom stereocenters. The molecule has 4 aliphatic rings. The van der Waals surface area contributed by atoms with Crippen molar-refractivity contribution in [1.29, 1.82) is 0 Å². The van der Waals surface area contributed by atoms with Gasteiger partial charge < -0.3 is 15.0 Å². The molecule has 4 fully saturated rings. The van der Waals surface area contributed by atoms with Gasteiger partial charge in [-0.1, -0.05) is 18.2 Å². The zero-order chi connectivity index (χ0) is 17.7. The molecule has 7 heteroatoms. The maximum atomic E-state index is 12.3. The van der Waals surface area contributed by atoms with Gasteiger partial charge >= 0.3 is 0 Å². The average molecular weight is 375 g/mol. The van der Waals surface area contributed by atoms with Gasteiger partial charge in [0.1, 0.15) is 5.82 Å². The highest BCUT2D eigenvalue weighted by molar-refractivity contribution is 7.98. The number of aromatic nitrogens is 2. The number of anilines is 1. The maximum absolute atomic E-state index is 12.3. The second kappa shape index (κ2) is 6.37. The first-order chi connectivity index (χ1) is 12.7. The van der Waals surface area contributed by atoms with Gasteiger partial charge in [0.25, 0.3) is 0 Å². The Morgan fingerprint density at radius 3 is 3.12 bits per heavy atom. The Bertz CT molecular complexity index is 713. The second-order valence-electron chi connectivity index (χ2n) is 8.19. The third-order valence-electron chi connectivity index (χ3n) is 6.90. The quantitative estimate of drug-likeness (QED) is 0.629. The molecular weight excluding hydrogens is 348 g/mol. The first-order valence-electron chi connectivity index (χ1n) is 9.76. The SMILES string of the molecule is CSc1nccc(N2C[C@@H]3[C@H](CNC(=O)C4CCC4)[C@H]4CC[C@]3(C2)O4)n1. The average Bonchev–Trinajstić information content (AvgIpc) is 3.26. The normalized spacial score (nSPS) is 35.4. The molecular formula is C19H26N4O2S.